The fourth-order valence-electron chi connectivity index (χ4n) is 2.54. The van der Waals surface area contributed by atoms with E-state index in [-0.39, 0.29) is 24.3 Å². The highest BCUT2D eigenvalue weighted by atomic mass is 16.5. The summed E-state index contributed by atoms with van der Waals surface area (Å²) in [5.74, 6) is 0.617. The summed E-state index contributed by atoms with van der Waals surface area (Å²) in [5, 5.41) is 2.65. The number of aryl methyl sites for hydroxylation is 1. The SMILES string of the molecule is COc1ccc(N2C(=O)CNC(=O)C2C(C)C)cc1C. The Bertz CT molecular complexity index is 540. The van der Waals surface area contributed by atoms with Crippen LogP contribution in [0.25, 0.3) is 0 Å². The molecule has 2 rings (SSSR count). The molecule has 5 nitrogen and oxygen atoms in total. The number of piperazine rings is 1. The number of carbonyl (C=O) groups excluding carboxylic acids is 2. The van der Waals surface area contributed by atoms with Gasteiger partial charge in [0.15, 0.2) is 0 Å². The molecule has 0 radical (unpaired) electrons. The molecule has 1 aliphatic rings. The van der Waals surface area contributed by atoms with Gasteiger partial charge in [-0.15, -0.1) is 0 Å². The standard InChI is InChI=1S/C15H20N2O3/c1-9(2)14-15(19)16-8-13(18)17(14)11-5-6-12(20-4)10(3)7-11/h5-7,9,14H,8H2,1-4H3,(H,16,19). The van der Waals surface area contributed by atoms with Gasteiger partial charge in [-0.1, -0.05) is 13.8 Å². The van der Waals surface area contributed by atoms with E-state index in [4.69, 9.17) is 4.74 Å². The van der Waals surface area contributed by atoms with Crippen LogP contribution in [-0.2, 0) is 9.59 Å². The van der Waals surface area contributed by atoms with Gasteiger partial charge in [-0.3, -0.25) is 14.5 Å². The van der Waals surface area contributed by atoms with Gasteiger partial charge in [0.2, 0.25) is 11.8 Å². The van der Waals surface area contributed by atoms with Crippen molar-refractivity contribution in [2.45, 2.75) is 26.8 Å². The van der Waals surface area contributed by atoms with Gasteiger partial charge in [0.25, 0.3) is 0 Å². The van der Waals surface area contributed by atoms with Crippen molar-refractivity contribution < 1.29 is 14.3 Å². The molecule has 5 heteroatoms. The molecular weight excluding hydrogens is 256 g/mol. The van der Waals surface area contributed by atoms with E-state index in [1.54, 1.807) is 12.0 Å². The van der Waals surface area contributed by atoms with Gasteiger partial charge in [-0.05, 0) is 36.6 Å². The van der Waals surface area contributed by atoms with Crippen LogP contribution in [0, 0.1) is 12.8 Å². The number of hydrogen-bond donors (Lipinski definition) is 1. The second-order valence-electron chi connectivity index (χ2n) is 5.32. The maximum atomic E-state index is 12.2. The van der Waals surface area contributed by atoms with Crippen LogP contribution in [0.15, 0.2) is 18.2 Å². The quantitative estimate of drug-likeness (QED) is 0.910. The Balaban J connectivity index is 2.43. The fraction of sp³-hybridized carbons (Fsp3) is 0.467. The first-order chi connectivity index (χ1) is 9.45. The summed E-state index contributed by atoms with van der Waals surface area (Å²) in [6, 6.07) is 5.05. The zero-order chi connectivity index (χ0) is 14.9. The van der Waals surface area contributed by atoms with Crippen molar-refractivity contribution in [1.29, 1.82) is 0 Å². The second kappa shape index (κ2) is 5.53. The van der Waals surface area contributed by atoms with E-state index in [1.807, 2.05) is 39.0 Å². The van der Waals surface area contributed by atoms with E-state index in [2.05, 4.69) is 5.32 Å². The summed E-state index contributed by atoms with van der Waals surface area (Å²) >= 11 is 0. The molecule has 1 aromatic rings. The van der Waals surface area contributed by atoms with Crippen LogP contribution >= 0.6 is 0 Å². The Hall–Kier alpha value is -2.04. The van der Waals surface area contributed by atoms with E-state index < -0.39 is 6.04 Å². The lowest BCUT2D eigenvalue weighted by Crippen LogP contribution is -2.60. The van der Waals surface area contributed by atoms with E-state index in [0.717, 1.165) is 17.0 Å². The minimum absolute atomic E-state index is 0.0432. The first kappa shape index (κ1) is 14.4. The minimum Gasteiger partial charge on any atom is -0.496 e. The summed E-state index contributed by atoms with van der Waals surface area (Å²) in [6.07, 6.45) is 0. The maximum absolute atomic E-state index is 12.2. The Morgan fingerprint density at radius 3 is 2.60 bits per heavy atom. The maximum Gasteiger partial charge on any atom is 0.247 e. The Kier molecular flexibility index (Phi) is 3.97. The first-order valence-electron chi connectivity index (χ1n) is 6.70. The van der Waals surface area contributed by atoms with Gasteiger partial charge in [0.1, 0.15) is 11.8 Å². The van der Waals surface area contributed by atoms with Crippen molar-refractivity contribution in [3.63, 3.8) is 0 Å². The van der Waals surface area contributed by atoms with Crippen molar-refractivity contribution in [3.05, 3.63) is 23.8 Å². The molecule has 108 valence electrons. The number of amides is 2. The molecule has 1 atom stereocenters. The second-order valence-corrected chi connectivity index (χ2v) is 5.32. The van der Waals surface area contributed by atoms with Crippen molar-refractivity contribution in [3.8, 4) is 5.75 Å². The summed E-state index contributed by atoms with van der Waals surface area (Å²) < 4.78 is 5.23. The van der Waals surface area contributed by atoms with Crippen molar-refractivity contribution >= 4 is 17.5 Å². The number of nitrogens with one attached hydrogen (secondary N) is 1. The Labute approximate surface area is 118 Å². The fourth-order valence-corrected chi connectivity index (χ4v) is 2.54. The smallest absolute Gasteiger partial charge is 0.247 e. The zero-order valence-corrected chi connectivity index (χ0v) is 12.3. The number of benzene rings is 1. The van der Waals surface area contributed by atoms with Crippen molar-refractivity contribution in [2.24, 2.45) is 5.92 Å². The number of anilines is 1. The third kappa shape index (κ3) is 2.48. The Morgan fingerprint density at radius 2 is 2.05 bits per heavy atom. The van der Waals surface area contributed by atoms with E-state index >= 15 is 0 Å². The number of hydrogen-bond acceptors (Lipinski definition) is 3. The lowest BCUT2D eigenvalue weighted by atomic mass is 9.98. The molecular formula is C15H20N2O3. The molecule has 1 saturated heterocycles. The van der Waals surface area contributed by atoms with Crippen LogP contribution in [-0.4, -0.2) is 31.5 Å². The average Bonchev–Trinajstić information content (AvgIpc) is 2.40. The molecule has 20 heavy (non-hydrogen) atoms. The van der Waals surface area contributed by atoms with Gasteiger partial charge in [0.05, 0.1) is 13.7 Å². The molecule has 1 aromatic carbocycles. The number of methoxy groups -OCH3 is 1. The van der Waals surface area contributed by atoms with Crippen LogP contribution in [0.1, 0.15) is 19.4 Å². The topological polar surface area (TPSA) is 58.6 Å². The van der Waals surface area contributed by atoms with E-state index in [1.165, 1.54) is 0 Å². The minimum atomic E-state index is -0.468. The van der Waals surface area contributed by atoms with Crippen LogP contribution in [0.3, 0.4) is 0 Å². The summed E-state index contributed by atoms with van der Waals surface area (Å²) in [7, 11) is 1.61. The van der Waals surface area contributed by atoms with Crippen LogP contribution in [0.2, 0.25) is 0 Å². The van der Waals surface area contributed by atoms with Crippen molar-refractivity contribution in [2.75, 3.05) is 18.6 Å². The largest absolute Gasteiger partial charge is 0.496 e. The van der Waals surface area contributed by atoms with E-state index in [9.17, 15) is 9.59 Å². The lowest BCUT2D eigenvalue weighted by molar-refractivity contribution is -0.131. The molecule has 1 aliphatic heterocycles. The molecule has 1 heterocycles. The van der Waals surface area contributed by atoms with Crippen LogP contribution in [0.5, 0.6) is 5.75 Å². The molecule has 0 aliphatic carbocycles. The normalized spacial score (nSPS) is 19.2. The monoisotopic (exact) mass is 276 g/mol. The highest BCUT2D eigenvalue weighted by molar-refractivity contribution is 6.06. The Morgan fingerprint density at radius 1 is 1.35 bits per heavy atom. The molecule has 0 aromatic heterocycles. The van der Waals surface area contributed by atoms with E-state index in [0.29, 0.717) is 0 Å². The highest BCUT2D eigenvalue weighted by Crippen LogP contribution is 2.28. The van der Waals surface area contributed by atoms with Crippen LogP contribution in [0.4, 0.5) is 5.69 Å². The first-order valence-corrected chi connectivity index (χ1v) is 6.70. The van der Waals surface area contributed by atoms with Crippen LogP contribution < -0.4 is 15.0 Å². The van der Waals surface area contributed by atoms with Gasteiger partial charge in [-0.2, -0.15) is 0 Å². The molecule has 2 amide bonds. The van der Waals surface area contributed by atoms with Gasteiger partial charge < -0.3 is 10.1 Å². The predicted octanol–water partition coefficient (Wildman–Crippen LogP) is 1.49. The number of ether oxygens (including phenoxy) is 1. The van der Waals surface area contributed by atoms with Gasteiger partial charge in [0, 0.05) is 5.69 Å². The summed E-state index contributed by atoms with van der Waals surface area (Å²) in [6.45, 7) is 5.84. The predicted molar refractivity (Wildman–Crippen MR) is 76.9 cm³/mol. The lowest BCUT2D eigenvalue weighted by Gasteiger charge is -2.37. The molecule has 0 saturated carbocycles. The number of rotatable bonds is 3. The summed E-state index contributed by atoms with van der Waals surface area (Å²) in [4.78, 5) is 25.8. The van der Waals surface area contributed by atoms with Crippen molar-refractivity contribution in [1.82, 2.24) is 5.32 Å². The molecule has 1 N–H and O–H groups in total. The third-order valence-corrected chi connectivity index (χ3v) is 3.52. The molecule has 0 spiro atoms. The molecule has 0 bridgehead atoms. The number of nitrogens with zero attached hydrogens (tertiary/aromatic N) is 1. The number of carbonyl (C=O) groups is 2. The average molecular weight is 276 g/mol. The molecule has 1 unspecified atom stereocenters. The summed E-state index contributed by atoms with van der Waals surface area (Å²) in [5.41, 5.74) is 1.67. The molecule has 1 fully saturated rings. The third-order valence-electron chi connectivity index (χ3n) is 3.52. The zero-order valence-electron chi connectivity index (χ0n) is 12.3. The highest BCUT2D eigenvalue weighted by Gasteiger charge is 2.37. The van der Waals surface area contributed by atoms with Gasteiger partial charge >= 0.3 is 0 Å². The van der Waals surface area contributed by atoms with Gasteiger partial charge in [-0.25, -0.2) is 0 Å².